The van der Waals surface area contributed by atoms with E-state index in [9.17, 15) is 4.39 Å². The van der Waals surface area contributed by atoms with Gasteiger partial charge in [0.05, 0.1) is 11.6 Å². The fraction of sp³-hybridized carbons (Fsp3) is 0.462. The Kier molecular flexibility index (Phi) is 5.61. The number of halogens is 1. The third kappa shape index (κ3) is 4.51. The molecule has 17 heavy (non-hydrogen) atoms. The van der Waals surface area contributed by atoms with E-state index >= 15 is 0 Å². The number of ether oxygens (including phenoxy) is 1. The van der Waals surface area contributed by atoms with Crippen molar-refractivity contribution in [2.75, 3.05) is 27.3 Å². The summed E-state index contributed by atoms with van der Waals surface area (Å²) in [7, 11) is 3.61. The Balaban J connectivity index is 2.61. The SMILES string of the molecule is COCCCN(C)Cc1cc(F)ccc1C#N. The largest absolute Gasteiger partial charge is 0.385 e. The quantitative estimate of drug-likeness (QED) is 0.710. The van der Waals surface area contributed by atoms with Crippen LogP contribution in [-0.2, 0) is 11.3 Å². The van der Waals surface area contributed by atoms with Crippen molar-refractivity contribution < 1.29 is 9.13 Å². The Morgan fingerprint density at radius 3 is 2.88 bits per heavy atom. The summed E-state index contributed by atoms with van der Waals surface area (Å²) in [6.07, 6.45) is 0.921. The Morgan fingerprint density at radius 2 is 2.24 bits per heavy atom. The van der Waals surface area contributed by atoms with Crippen molar-refractivity contribution >= 4 is 0 Å². The minimum Gasteiger partial charge on any atom is -0.385 e. The van der Waals surface area contributed by atoms with E-state index < -0.39 is 0 Å². The van der Waals surface area contributed by atoms with Crippen LogP contribution < -0.4 is 0 Å². The molecular weight excluding hydrogens is 219 g/mol. The van der Waals surface area contributed by atoms with E-state index in [0.717, 1.165) is 18.5 Å². The average Bonchev–Trinajstić information content (AvgIpc) is 2.29. The van der Waals surface area contributed by atoms with Crippen LogP contribution in [0.15, 0.2) is 18.2 Å². The van der Waals surface area contributed by atoms with Gasteiger partial charge in [-0.15, -0.1) is 0 Å². The van der Waals surface area contributed by atoms with Crippen LogP contribution in [-0.4, -0.2) is 32.2 Å². The summed E-state index contributed by atoms with van der Waals surface area (Å²) >= 11 is 0. The summed E-state index contributed by atoms with van der Waals surface area (Å²) in [6, 6.07) is 6.33. The van der Waals surface area contributed by atoms with Gasteiger partial charge >= 0.3 is 0 Å². The van der Waals surface area contributed by atoms with Crippen LogP contribution in [0, 0.1) is 17.1 Å². The fourth-order valence-electron chi connectivity index (χ4n) is 1.65. The zero-order valence-electron chi connectivity index (χ0n) is 10.2. The Bertz CT molecular complexity index is 401. The first-order valence-corrected chi connectivity index (χ1v) is 5.53. The Labute approximate surface area is 101 Å². The molecule has 4 heteroatoms. The molecule has 0 saturated heterocycles. The highest BCUT2D eigenvalue weighted by Crippen LogP contribution is 2.12. The van der Waals surface area contributed by atoms with Crippen molar-refractivity contribution in [3.8, 4) is 6.07 Å². The molecule has 0 aromatic heterocycles. The Hall–Kier alpha value is -1.44. The van der Waals surface area contributed by atoms with Gasteiger partial charge in [0.15, 0.2) is 0 Å². The number of hydrogen-bond donors (Lipinski definition) is 0. The van der Waals surface area contributed by atoms with Gasteiger partial charge in [-0.3, -0.25) is 0 Å². The van der Waals surface area contributed by atoms with Gasteiger partial charge in [-0.1, -0.05) is 0 Å². The number of methoxy groups -OCH3 is 1. The van der Waals surface area contributed by atoms with Crippen molar-refractivity contribution in [1.29, 1.82) is 5.26 Å². The number of benzene rings is 1. The van der Waals surface area contributed by atoms with E-state index in [1.807, 2.05) is 7.05 Å². The molecule has 0 unspecified atom stereocenters. The lowest BCUT2D eigenvalue weighted by atomic mass is 10.1. The maximum absolute atomic E-state index is 13.1. The number of nitriles is 1. The van der Waals surface area contributed by atoms with E-state index in [-0.39, 0.29) is 5.82 Å². The zero-order valence-corrected chi connectivity index (χ0v) is 10.2. The molecule has 1 rings (SSSR count). The monoisotopic (exact) mass is 236 g/mol. The molecule has 0 heterocycles. The minimum atomic E-state index is -0.302. The molecule has 0 atom stereocenters. The first kappa shape index (κ1) is 13.6. The topological polar surface area (TPSA) is 36.3 Å². The molecule has 0 aliphatic carbocycles. The van der Waals surface area contributed by atoms with E-state index in [4.69, 9.17) is 10.00 Å². The molecule has 92 valence electrons. The highest BCUT2D eigenvalue weighted by Gasteiger charge is 2.06. The highest BCUT2D eigenvalue weighted by molar-refractivity contribution is 5.37. The molecule has 0 aliphatic rings. The van der Waals surface area contributed by atoms with Gasteiger partial charge in [-0.2, -0.15) is 5.26 Å². The van der Waals surface area contributed by atoms with E-state index in [1.54, 1.807) is 7.11 Å². The number of rotatable bonds is 6. The number of hydrogen-bond acceptors (Lipinski definition) is 3. The van der Waals surface area contributed by atoms with Crippen LogP contribution in [0.4, 0.5) is 4.39 Å². The minimum absolute atomic E-state index is 0.302. The van der Waals surface area contributed by atoms with Gasteiger partial charge in [0.1, 0.15) is 5.82 Å². The lowest BCUT2D eigenvalue weighted by Gasteiger charge is -2.17. The fourth-order valence-corrected chi connectivity index (χ4v) is 1.65. The van der Waals surface area contributed by atoms with Crippen LogP contribution in [0.3, 0.4) is 0 Å². The van der Waals surface area contributed by atoms with Crippen LogP contribution in [0.5, 0.6) is 0 Å². The second-order valence-electron chi connectivity index (χ2n) is 4.00. The summed E-state index contributed by atoms with van der Waals surface area (Å²) in [5.41, 5.74) is 1.26. The molecule has 0 amide bonds. The molecule has 0 radical (unpaired) electrons. The van der Waals surface area contributed by atoms with Gasteiger partial charge in [0.2, 0.25) is 0 Å². The van der Waals surface area contributed by atoms with Crippen LogP contribution >= 0.6 is 0 Å². The standard InChI is InChI=1S/C13H17FN2O/c1-16(6-3-7-17-2)10-12-8-13(14)5-4-11(12)9-15/h4-5,8H,3,6-7,10H2,1-2H3. The molecule has 0 N–H and O–H groups in total. The van der Waals surface area contributed by atoms with Crippen LogP contribution in [0.1, 0.15) is 17.5 Å². The van der Waals surface area contributed by atoms with E-state index in [1.165, 1.54) is 18.2 Å². The van der Waals surface area contributed by atoms with Gasteiger partial charge in [-0.05, 0) is 37.2 Å². The average molecular weight is 236 g/mol. The molecule has 0 bridgehead atoms. The normalized spacial score (nSPS) is 10.5. The lowest BCUT2D eigenvalue weighted by Crippen LogP contribution is -2.20. The summed E-state index contributed by atoms with van der Waals surface area (Å²) < 4.78 is 18.1. The first-order chi connectivity index (χ1) is 8.17. The number of nitrogens with zero attached hydrogens (tertiary/aromatic N) is 2. The maximum Gasteiger partial charge on any atom is 0.123 e. The predicted octanol–water partition coefficient (Wildman–Crippen LogP) is 2.17. The highest BCUT2D eigenvalue weighted by atomic mass is 19.1. The smallest absolute Gasteiger partial charge is 0.123 e. The van der Waals surface area contributed by atoms with Crippen LogP contribution in [0.2, 0.25) is 0 Å². The van der Waals surface area contributed by atoms with Gasteiger partial charge in [0.25, 0.3) is 0 Å². The zero-order chi connectivity index (χ0) is 12.7. The van der Waals surface area contributed by atoms with Crippen LogP contribution in [0.25, 0.3) is 0 Å². The summed E-state index contributed by atoms with van der Waals surface area (Å²) in [6.45, 7) is 2.14. The Morgan fingerprint density at radius 1 is 1.47 bits per heavy atom. The van der Waals surface area contributed by atoms with Crippen molar-refractivity contribution in [2.45, 2.75) is 13.0 Å². The lowest BCUT2D eigenvalue weighted by molar-refractivity contribution is 0.178. The van der Waals surface area contributed by atoms with Gasteiger partial charge < -0.3 is 9.64 Å². The van der Waals surface area contributed by atoms with Crippen molar-refractivity contribution in [3.05, 3.63) is 35.1 Å². The van der Waals surface area contributed by atoms with E-state index in [0.29, 0.717) is 18.7 Å². The molecular formula is C13H17FN2O. The summed E-state index contributed by atoms with van der Waals surface area (Å²) in [5, 5.41) is 8.93. The van der Waals surface area contributed by atoms with E-state index in [2.05, 4.69) is 11.0 Å². The second-order valence-corrected chi connectivity index (χ2v) is 4.00. The van der Waals surface area contributed by atoms with Gasteiger partial charge in [0, 0.05) is 26.8 Å². The molecule has 0 spiro atoms. The predicted molar refractivity (Wildman–Crippen MR) is 63.9 cm³/mol. The third-order valence-electron chi connectivity index (χ3n) is 2.52. The molecule has 3 nitrogen and oxygen atoms in total. The molecule has 0 saturated carbocycles. The third-order valence-corrected chi connectivity index (χ3v) is 2.52. The molecule has 0 fully saturated rings. The van der Waals surface area contributed by atoms with Crippen molar-refractivity contribution in [2.24, 2.45) is 0 Å². The summed E-state index contributed by atoms with van der Waals surface area (Å²) in [4.78, 5) is 2.05. The molecule has 1 aromatic carbocycles. The van der Waals surface area contributed by atoms with Crippen molar-refractivity contribution in [3.63, 3.8) is 0 Å². The maximum atomic E-state index is 13.1. The first-order valence-electron chi connectivity index (χ1n) is 5.53. The molecule has 1 aromatic rings. The van der Waals surface area contributed by atoms with Gasteiger partial charge in [-0.25, -0.2) is 4.39 Å². The summed E-state index contributed by atoms with van der Waals surface area (Å²) in [5.74, 6) is -0.302. The second kappa shape index (κ2) is 7.00. The van der Waals surface area contributed by atoms with Crippen molar-refractivity contribution in [1.82, 2.24) is 4.90 Å². The molecule has 0 aliphatic heterocycles.